The summed E-state index contributed by atoms with van der Waals surface area (Å²) in [5.41, 5.74) is 7.05. The van der Waals surface area contributed by atoms with Crippen molar-refractivity contribution in [2.45, 2.75) is 70.4 Å². The van der Waals surface area contributed by atoms with E-state index in [0.717, 1.165) is 84.7 Å². The SMILES string of the molecule is CC1([C@H]2CCc3nc4sc(C(=O)N[C@H](CCN5CCC(O)CC5)c5ccc(-c6cn[nH]c6)cc5)nc4cc3C2)CC1. The van der Waals surface area contributed by atoms with Gasteiger partial charge in [-0.1, -0.05) is 42.5 Å². The number of aryl methyl sites for hydroxylation is 1. The number of piperidine rings is 1. The standard InChI is InChI=1S/C32H38N6O2S/c1-32(11-12-32)24-6-7-26-22(16-24)17-28-30(36-26)41-31(37-28)29(40)35-27(10-15-38-13-8-25(39)9-14-38)21-4-2-20(3-5-21)23-18-33-34-19-23/h2-5,17-19,24-25,27,39H,6-16H2,1H3,(H,33,34)(H,35,40)/t24-,27+/m0/s1. The third kappa shape index (κ3) is 5.67. The summed E-state index contributed by atoms with van der Waals surface area (Å²) in [6.45, 7) is 5.05. The smallest absolute Gasteiger partial charge is 0.280 e. The molecule has 1 saturated carbocycles. The molecule has 0 bridgehead atoms. The minimum absolute atomic E-state index is 0.146. The molecule has 3 aliphatic rings. The van der Waals surface area contributed by atoms with E-state index in [4.69, 9.17) is 9.97 Å². The number of nitrogens with zero attached hydrogens (tertiary/aromatic N) is 4. The maximum atomic E-state index is 13.6. The van der Waals surface area contributed by atoms with E-state index >= 15 is 0 Å². The molecule has 0 spiro atoms. The van der Waals surface area contributed by atoms with E-state index in [1.165, 1.54) is 41.9 Å². The minimum Gasteiger partial charge on any atom is -0.393 e. The van der Waals surface area contributed by atoms with Crippen molar-refractivity contribution in [1.82, 2.24) is 30.4 Å². The van der Waals surface area contributed by atoms with Gasteiger partial charge in [0.05, 0.1) is 18.3 Å². The summed E-state index contributed by atoms with van der Waals surface area (Å²) in [7, 11) is 0. The van der Waals surface area contributed by atoms with Crippen LogP contribution < -0.4 is 5.32 Å². The first-order valence-electron chi connectivity index (χ1n) is 15.0. The van der Waals surface area contributed by atoms with Crippen LogP contribution in [0.2, 0.25) is 0 Å². The molecule has 1 saturated heterocycles. The zero-order valence-corrected chi connectivity index (χ0v) is 24.4. The number of benzene rings is 1. The fraction of sp³-hybridized carbons (Fsp3) is 0.500. The fourth-order valence-corrected chi connectivity index (χ4v) is 7.47. The van der Waals surface area contributed by atoms with Gasteiger partial charge in [-0.15, -0.1) is 0 Å². The quantitative estimate of drug-likeness (QED) is 0.265. The van der Waals surface area contributed by atoms with Crippen molar-refractivity contribution < 1.29 is 9.90 Å². The molecule has 1 amide bonds. The number of thiazole rings is 1. The van der Waals surface area contributed by atoms with Gasteiger partial charge in [0, 0.05) is 37.1 Å². The molecule has 3 aromatic heterocycles. The van der Waals surface area contributed by atoms with E-state index in [1.807, 2.05) is 12.4 Å². The lowest BCUT2D eigenvalue weighted by atomic mass is 9.77. The monoisotopic (exact) mass is 570 g/mol. The molecule has 2 fully saturated rings. The highest BCUT2D eigenvalue weighted by Gasteiger charge is 2.45. The number of aliphatic hydroxyl groups excluding tert-OH is 1. The number of aliphatic hydroxyl groups is 1. The minimum atomic E-state index is -0.196. The third-order valence-corrected chi connectivity index (χ3v) is 10.7. The van der Waals surface area contributed by atoms with Crippen molar-refractivity contribution in [3.63, 3.8) is 0 Å². The van der Waals surface area contributed by atoms with E-state index in [-0.39, 0.29) is 18.1 Å². The van der Waals surface area contributed by atoms with Crippen LogP contribution in [0.1, 0.15) is 78.1 Å². The van der Waals surface area contributed by atoms with Gasteiger partial charge in [0.25, 0.3) is 5.91 Å². The molecule has 2 aliphatic carbocycles. The first-order valence-corrected chi connectivity index (χ1v) is 15.8. The molecule has 0 unspecified atom stereocenters. The molecular weight excluding hydrogens is 532 g/mol. The van der Waals surface area contributed by atoms with E-state index < -0.39 is 0 Å². The van der Waals surface area contributed by atoms with Crippen LogP contribution in [0, 0.1) is 11.3 Å². The van der Waals surface area contributed by atoms with Crippen LogP contribution in [0.3, 0.4) is 0 Å². The second kappa shape index (κ2) is 10.9. The lowest BCUT2D eigenvalue weighted by molar-refractivity contribution is 0.0795. The van der Waals surface area contributed by atoms with Crippen molar-refractivity contribution in [3.05, 3.63) is 64.6 Å². The topological polar surface area (TPSA) is 107 Å². The molecular formula is C32H38N6O2S. The Balaban J connectivity index is 1.10. The van der Waals surface area contributed by atoms with Gasteiger partial charge in [-0.05, 0) is 85.5 Å². The Labute approximate surface area is 244 Å². The van der Waals surface area contributed by atoms with Crippen LogP contribution in [0.4, 0.5) is 0 Å². The largest absolute Gasteiger partial charge is 0.393 e. The van der Waals surface area contributed by atoms with Gasteiger partial charge in [-0.25, -0.2) is 9.97 Å². The number of fused-ring (bicyclic) bond motifs is 2. The number of rotatable bonds is 8. The number of aromatic nitrogens is 4. The number of carbonyl (C=O) groups is 1. The van der Waals surface area contributed by atoms with Gasteiger partial charge in [0.15, 0.2) is 5.01 Å². The van der Waals surface area contributed by atoms with E-state index in [9.17, 15) is 9.90 Å². The molecule has 4 aromatic rings. The zero-order chi connectivity index (χ0) is 28.0. The van der Waals surface area contributed by atoms with Gasteiger partial charge in [-0.2, -0.15) is 5.10 Å². The second-order valence-corrected chi connectivity index (χ2v) is 13.5. The number of hydrogen-bond acceptors (Lipinski definition) is 7. The summed E-state index contributed by atoms with van der Waals surface area (Å²) >= 11 is 1.40. The summed E-state index contributed by atoms with van der Waals surface area (Å²) in [6, 6.07) is 10.4. The van der Waals surface area contributed by atoms with Gasteiger partial charge in [0.2, 0.25) is 0 Å². The molecule has 9 heteroatoms. The van der Waals surface area contributed by atoms with E-state index in [0.29, 0.717) is 10.4 Å². The Morgan fingerprint density at radius 1 is 1.17 bits per heavy atom. The summed E-state index contributed by atoms with van der Waals surface area (Å²) in [5.74, 6) is 0.590. The number of amides is 1. The number of likely N-dealkylation sites (tertiary alicyclic amines) is 1. The summed E-state index contributed by atoms with van der Waals surface area (Å²) < 4.78 is 0. The van der Waals surface area contributed by atoms with Crippen molar-refractivity contribution >= 4 is 27.6 Å². The molecule has 1 aromatic carbocycles. The van der Waals surface area contributed by atoms with Gasteiger partial charge >= 0.3 is 0 Å². The van der Waals surface area contributed by atoms with Gasteiger partial charge < -0.3 is 15.3 Å². The molecule has 214 valence electrons. The van der Waals surface area contributed by atoms with Crippen LogP contribution in [0.25, 0.3) is 21.5 Å². The Hall–Kier alpha value is -3.14. The number of pyridine rings is 1. The number of carbonyl (C=O) groups excluding carboxylic acids is 1. The zero-order valence-electron chi connectivity index (χ0n) is 23.6. The fourth-order valence-electron chi connectivity index (χ4n) is 6.62. The molecule has 41 heavy (non-hydrogen) atoms. The number of aromatic amines is 1. The molecule has 8 nitrogen and oxygen atoms in total. The molecule has 2 atom stereocenters. The van der Waals surface area contributed by atoms with Crippen molar-refractivity contribution in [3.8, 4) is 11.1 Å². The maximum Gasteiger partial charge on any atom is 0.280 e. The van der Waals surface area contributed by atoms with Crippen LogP contribution in [0.15, 0.2) is 42.7 Å². The Kier molecular flexibility index (Phi) is 7.13. The third-order valence-electron chi connectivity index (χ3n) is 9.71. The summed E-state index contributed by atoms with van der Waals surface area (Å²) in [4.78, 5) is 26.6. The van der Waals surface area contributed by atoms with Crippen molar-refractivity contribution in [2.75, 3.05) is 19.6 Å². The van der Waals surface area contributed by atoms with E-state index in [1.54, 1.807) is 0 Å². The Bertz CT molecular complexity index is 1520. The summed E-state index contributed by atoms with van der Waals surface area (Å²) in [5, 5.41) is 20.6. The predicted octanol–water partition coefficient (Wildman–Crippen LogP) is 5.30. The number of hydrogen-bond donors (Lipinski definition) is 3. The maximum absolute atomic E-state index is 13.6. The average molecular weight is 571 g/mol. The van der Waals surface area contributed by atoms with Crippen LogP contribution >= 0.6 is 11.3 Å². The first kappa shape index (κ1) is 26.7. The van der Waals surface area contributed by atoms with Gasteiger partial charge in [-0.3, -0.25) is 9.89 Å². The van der Waals surface area contributed by atoms with Crippen LogP contribution in [-0.2, 0) is 12.8 Å². The highest BCUT2D eigenvalue weighted by molar-refractivity contribution is 7.19. The summed E-state index contributed by atoms with van der Waals surface area (Å²) in [6.07, 6.45) is 11.9. The molecule has 1 aliphatic heterocycles. The average Bonchev–Trinajstić information content (AvgIpc) is 3.36. The molecule has 7 rings (SSSR count). The highest BCUT2D eigenvalue weighted by atomic mass is 32.1. The van der Waals surface area contributed by atoms with Crippen LogP contribution in [0.5, 0.6) is 0 Å². The Morgan fingerprint density at radius 2 is 1.98 bits per heavy atom. The number of H-pyrrole nitrogens is 1. The lowest BCUT2D eigenvalue weighted by Crippen LogP contribution is -2.38. The molecule has 0 radical (unpaired) electrons. The highest BCUT2D eigenvalue weighted by Crippen LogP contribution is 2.55. The first-order chi connectivity index (χ1) is 19.9. The lowest BCUT2D eigenvalue weighted by Gasteiger charge is -2.31. The molecule has 4 heterocycles. The van der Waals surface area contributed by atoms with Crippen molar-refractivity contribution in [1.29, 1.82) is 0 Å². The normalized spacial score (nSPS) is 21.5. The van der Waals surface area contributed by atoms with E-state index in [2.05, 4.69) is 57.7 Å². The van der Waals surface area contributed by atoms with Gasteiger partial charge in [0.1, 0.15) is 10.3 Å². The number of nitrogens with one attached hydrogen (secondary N) is 2. The molecule has 3 N–H and O–H groups in total. The second-order valence-electron chi connectivity index (χ2n) is 12.5. The Morgan fingerprint density at radius 3 is 2.71 bits per heavy atom. The predicted molar refractivity (Wildman–Crippen MR) is 161 cm³/mol. The van der Waals surface area contributed by atoms with Crippen LogP contribution in [-0.4, -0.2) is 61.8 Å². The van der Waals surface area contributed by atoms with Crippen molar-refractivity contribution in [2.24, 2.45) is 11.3 Å².